The van der Waals surface area contributed by atoms with Crippen LogP contribution in [0.25, 0.3) is 0 Å². The summed E-state index contributed by atoms with van der Waals surface area (Å²) in [6.07, 6.45) is 1.60. The minimum absolute atomic E-state index is 0. The maximum Gasteiger partial charge on any atom is 0.237 e. The van der Waals surface area contributed by atoms with E-state index in [1.165, 1.54) is 0 Å². The molecule has 1 aromatic rings. The van der Waals surface area contributed by atoms with E-state index in [-0.39, 0.29) is 30.1 Å². The SMILES string of the molecule is CC(C)[C@H](N)C(=O)NCc1cccc(CN2CCCC2=O)c1.Cl. The number of likely N-dealkylation sites (tertiary alicyclic amines) is 1. The molecule has 3 N–H and O–H groups in total. The second-order valence-electron chi connectivity index (χ2n) is 6.23. The monoisotopic (exact) mass is 339 g/mol. The third-order valence-electron chi connectivity index (χ3n) is 4.02. The van der Waals surface area contributed by atoms with Gasteiger partial charge in [0, 0.05) is 26.1 Å². The van der Waals surface area contributed by atoms with Gasteiger partial charge in [0.1, 0.15) is 0 Å². The van der Waals surface area contributed by atoms with Gasteiger partial charge in [-0.25, -0.2) is 0 Å². The molecule has 1 aliphatic rings. The van der Waals surface area contributed by atoms with E-state index in [1.807, 2.05) is 43.0 Å². The first-order valence-corrected chi connectivity index (χ1v) is 7.86. The van der Waals surface area contributed by atoms with Crippen molar-refractivity contribution >= 4 is 24.2 Å². The first-order chi connectivity index (χ1) is 10.5. The molecule has 1 fully saturated rings. The van der Waals surface area contributed by atoms with Crippen molar-refractivity contribution in [3.05, 3.63) is 35.4 Å². The maximum atomic E-state index is 11.9. The standard InChI is InChI=1S/C17H25N3O2.ClH/c1-12(2)16(18)17(22)19-10-13-5-3-6-14(9-13)11-20-8-4-7-15(20)21;/h3,5-6,9,12,16H,4,7-8,10-11,18H2,1-2H3,(H,19,22);1H/t16-;/m0./s1. The number of nitrogens with zero attached hydrogens (tertiary/aromatic N) is 1. The number of carbonyl (C=O) groups excluding carboxylic acids is 2. The minimum atomic E-state index is -0.481. The molecular weight excluding hydrogens is 314 g/mol. The first-order valence-electron chi connectivity index (χ1n) is 7.86. The third kappa shape index (κ3) is 5.52. The van der Waals surface area contributed by atoms with Crippen molar-refractivity contribution in [1.29, 1.82) is 0 Å². The van der Waals surface area contributed by atoms with Crippen LogP contribution in [0.5, 0.6) is 0 Å². The van der Waals surface area contributed by atoms with E-state index in [0.29, 0.717) is 19.5 Å². The quantitative estimate of drug-likeness (QED) is 0.830. The molecule has 2 amide bonds. The Labute approximate surface area is 144 Å². The Morgan fingerprint density at radius 3 is 2.65 bits per heavy atom. The molecule has 1 atom stereocenters. The number of halogens is 1. The van der Waals surface area contributed by atoms with E-state index in [9.17, 15) is 9.59 Å². The van der Waals surface area contributed by atoms with Gasteiger partial charge in [-0.05, 0) is 23.5 Å². The van der Waals surface area contributed by atoms with Crippen LogP contribution in [0.4, 0.5) is 0 Å². The average molecular weight is 340 g/mol. The van der Waals surface area contributed by atoms with Gasteiger partial charge in [0.15, 0.2) is 0 Å². The fourth-order valence-corrected chi connectivity index (χ4v) is 2.54. The Kier molecular flexibility index (Phi) is 7.52. The molecule has 0 saturated carbocycles. The second kappa shape index (κ2) is 8.89. The second-order valence-corrected chi connectivity index (χ2v) is 6.23. The predicted octanol–water partition coefficient (Wildman–Crippen LogP) is 1.83. The van der Waals surface area contributed by atoms with E-state index in [4.69, 9.17) is 5.73 Å². The number of carbonyl (C=O) groups is 2. The van der Waals surface area contributed by atoms with Gasteiger partial charge < -0.3 is 16.0 Å². The summed E-state index contributed by atoms with van der Waals surface area (Å²) in [7, 11) is 0. The molecule has 0 aliphatic carbocycles. The third-order valence-corrected chi connectivity index (χ3v) is 4.02. The van der Waals surface area contributed by atoms with E-state index in [0.717, 1.165) is 24.1 Å². The van der Waals surface area contributed by atoms with Gasteiger partial charge in [-0.2, -0.15) is 0 Å². The highest BCUT2D eigenvalue weighted by Gasteiger charge is 2.20. The molecule has 1 heterocycles. The summed E-state index contributed by atoms with van der Waals surface area (Å²) >= 11 is 0. The highest BCUT2D eigenvalue weighted by Crippen LogP contribution is 2.15. The van der Waals surface area contributed by atoms with Crippen molar-refractivity contribution < 1.29 is 9.59 Å². The summed E-state index contributed by atoms with van der Waals surface area (Å²) in [4.78, 5) is 25.4. The summed E-state index contributed by atoms with van der Waals surface area (Å²) in [5.74, 6) is 0.212. The van der Waals surface area contributed by atoms with Crippen LogP contribution in [0, 0.1) is 5.92 Å². The smallest absolute Gasteiger partial charge is 0.237 e. The average Bonchev–Trinajstić information content (AvgIpc) is 2.89. The fourth-order valence-electron chi connectivity index (χ4n) is 2.54. The molecule has 6 heteroatoms. The zero-order valence-electron chi connectivity index (χ0n) is 13.7. The van der Waals surface area contributed by atoms with Gasteiger partial charge >= 0.3 is 0 Å². The van der Waals surface area contributed by atoms with E-state index in [1.54, 1.807) is 0 Å². The van der Waals surface area contributed by atoms with Crippen molar-refractivity contribution in [2.45, 2.75) is 45.8 Å². The van der Waals surface area contributed by atoms with Gasteiger partial charge in [-0.1, -0.05) is 38.1 Å². The van der Waals surface area contributed by atoms with Gasteiger partial charge in [0.25, 0.3) is 0 Å². The van der Waals surface area contributed by atoms with E-state index >= 15 is 0 Å². The van der Waals surface area contributed by atoms with Crippen molar-refractivity contribution in [1.82, 2.24) is 10.2 Å². The molecule has 1 saturated heterocycles. The highest BCUT2D eigenvalue weighted by atomic mass is 35.5. The summed E-state index contributed by atoms with van der Waals surface area (Å²) in [5, 5.41) is 2.87. The molecule has 2 rings (SSSR count). The van der Waals surface area contributed by atoms with Crippen LogP contribution in [0.3, 0.4) is 0 Å². The molecule has 5 nitrogen and oxygen atoms in total. The van der Waals surface area contributed by atoms with Crippen LogP contribution in [0.15, 0.2) is 24.3 Å². The molecule has 0 aromatic heterocycles. The first kappa shape index (κ1) is 19.5. The predicted molar refractivity (Wildman–Crippen MR) is 93.0 cm³/mol. The van der Waals surface area contributed by atoms with Crippen LogP contribution in [-0.2, 0) is 22.7 Å². The summed E-state index contributed by atoms with van der Waals surface area (Å²) in [5.41, 5.74) is 7.94. The Balaban J connectivity index is 0.00000264. The number of nitrogens with two attached hydrogens (primary N) is 1. The minimum Gasteiger partial charge on any atom is -0.351 e. The molecule has 1 aliphatic heterocycles. The van der Waals surface area contributed by atoms with Crippen LogP contribution >= 0.6 is 12.4 Å². The lowest BCUT2D eigenvalue weighted by atomic mass is 10.0. The lowest BCUT2D eigenvalue weighted by molar-refractivity contribution is -0.128. The Morgan fingerprint density at radius 1 is 1.35 bits per heavy atom. The van der Waals surface area contributed by atoms with Crippen LogP contribution in [0.2, 0.25) is 0 Å². The normalized spacial score (nSPS) is 15.5. The number of nitrogens with one attached hydrogen (secondary N) is 1. The van der Waals surface area contributed by atoms with Crippen LogP contribution in [-0.4, -0.2) is 29.3 Å². The van der Waals surface area contributed by atoms with Crippen LogP contribution in [0.1, 0.15) is 37.8 Å². The van der Waals surface area contributed by atoms with Crippen molar-refractivity contribution in [3.63, 3.8) is 0 Å². The van der Waals surface area contributed by atoms with Gasteiger partial charge in [-0.15, -0.1) is 12.4 Å². The zero-order valence-corrected chi connectivity index (χ0v) is 14.6. The number of benzene rings is 1. The van der Waals surface area contributed by atoms with Crippen molar-refractivity contribution in [3.8, 4) is 0 Å². The largest absolute Gasteiger partial charge is 0.351 e. The molecular formula is C17H26ClN3O2. The Hall–Kier alpha value is -1.59. The Morgan fingerprint density at radius 2 is 2.04 bits per heavy atom. The van der Waals surface area contributed by atoms with Gasteiger partial charge in [0.05, 0.1) is 6.04 Å². The molecule has 0 radical (unpaired) electrons. The maximum absolute atomic E-state index is 11.9. The lowest BCUT2D eigenvalue weighted by Crippen LogP contribution is -2.43. The number of amides is 2. The molecule has 0 bridgehead atoms. The molecule has 0 spiro atoms. The van der Waals surface area contributed by atoms with Crippen LogP contribution < -0.4 is 11.1 Å². The lowest BCUT2D eigenvalue weighted by Gasteiger charge is -2.17. The van der Waals surface area contributed by atoms with Gasteiger partial charge in [-0.3, -0.25) is 9.59 Å². The highest BCUT2D eigenvalue weighted by molar-refractivity contribution is 5.85. The molecule has 23 heavy (non-hydrogen) atoms. The summed E-state index contributed by atoms with van der Waals surface area (Å²) in [6.45, 7) is 5.80. The van der Waals surface area contributed by atoms with E-state index in [2.05, 4.69) is 5.32 Å². The zero-order chi connectivity index (χ0) is 16.1. The summed E-state index contributed by atoms with van der Waals surface area (Å²) in [6, 6.07) is 7.49. The van der Waals surface area contributed by atoms with E-state index < -0.39 is 6.04 Å². The molecule has 128 valence electrons. The number of rotatable bonds is 6. The van der Waals surface area contributed by atoms with Crippen molar-refractivity contribution in [2.24, 2.45) is 11.7 Å². The van der Waals surface area contributed by atoms with Gasteiger partial charge in [0.2, 0.25) is 11.8 Å². The number of hydrogen-bond acceptors (Lipinski definition) is 3. The van der Waals surface area contributed by atoms with Crippen molar-refractivity contribution in [2.75, 3.05) is 6.54 Å². The summed E-state index contributed by atoms with van der Waals surface area (Å²) < 4.78 is 0. The topological polar surface area (TPSA) is 75.4 Å². The number of hydrogen-bond donors (Lipinski definition) is 2. The molecule has 0 unspecified atom stereocenters. The molecule has 1 aromatic carbocycles. The Bertz CT molecular complexity index is 548. The fraction of sp³-hybridized carbons (Fsp3) is 0.529.